The van der Waals surface area contributed by atoms with E-state index in [9.17, 15) is 9.59 Å². The highest BCUT2D eigenvalue weighted by Gasteiger charge is 2.26. The summed E-state index contributed by atoms with van der Waals surface area (Å²) in [7, 11) is 0. The molecule has 0 radical (unpaired) electrons. The molecule has 2 amide bonds. The average molecular weight is 354 g/mol. The van der Waals surface area contributed by atoms with Crippen molar-refractivity contribution in [1.29, 1.82) is 0 Å². The molecule has 3 rings (SSSR count). The van der Waals surface area contributed by atoms with Gasteiger partial charge in [0.2, 0.25) is 0 Å². The third-order valence-corrected chi connectivity index (χ3v) is 4.37. The van der Waals surface area contributed by atoms with Gasteiger partial charge in [0.1, 0.15) is 12.4 Å². The number of urea groups is 1. The Labute approximate surface area is 152 Å². The van der Waals surface area contributed by atoms with Crippen LogP contribution in [0, 0.1) is 0 Å². The lowest BCUT2D eigenvalue weighted by atomic mass is 10.0. The van der Waals surface area contributed by atoms with Gasteiger partial charge >= 0.3 is 12.0 Å². The number of rotatable bonds is 7. The topological polar surface area (TPSA) is 87.7 Å². The number of nitrogens with one attached hydrogen (secondary N) is 2. The summed E-state index contributed by atoms with van der Waals surface area (Å²) in [5, 5.41) is 14.8. The lowest BCUT2D eigenvalue weighted by Gasteiger charge is -2.20. The van der Waals surface area contributed by atoms with Crippen molar-refractivity contribution < 1.29 is 19.4 Å². The lowest BCUT2D eigenvalue weighted by Crippen LogP contribution is -2.45. The summed E-state index contributed by atoms with van der Waals surface area (Å²) in [6, 6.07) is 16.5. The molecule has 0 fully saturated rings. The molecule has 2 unspecified atom stereocenters. The van der Waals surface area contributed by atoms with Crippen LogP contribution in [-0.2, 0) is 11.2 Å². The van der Waals surface area contributed by atoms with Crippen LogP contribution >= 0.6 is 0 Å². The molecule has 0 bridgehead atoms. The zero-order valence-electron chi connectivity index (χ0n) is 14.4. The highest BCUT2D eigenvalue weighted by Crippen LogP contribution is 2.31. The first-order valence-corrected chi connectivity index (χ1v) is 8.66. The van der Waals surface area contributed by atoms with Crippen molar-refractivity contribution in [3.05, 3.63) is 65.7 Å². The smallest absolute Gasteiger partial charge is 0.315 e. The van der Waals surface area contributed by atoms with Gasteiger partial charge < -0.3 is 20.5 Å². The maximum Gasteiger partial charge on any atom is 0.315 e. The highest BCUT2D eigenvalue weighted by molar-refractivity contribution is 5.75. The molecule has 1 aliphatic heterocycles. The Morgan fingerprint density at radius 3 is 2.62 bits per heavy atom. The fourth-order valence-electron chi connectivity index (χ4n) is 3.09. The number of carbonyl (C=O) groups is 2. The zero-order valence-corrected chi connectivity index (χ0v) is 14.4. The fourth-order valence-corrected chi connectivity index (χ4v) is 3.09. The molecule has 0 aromatic heterocycles. The summed E-state index contributed by atoms with van der Waals surface area (Å²) in [5.41, 5.74) is 2.01. The first-order valence-electron chi connectivity index (χ1n) is 8.66. The number of aliphatic carboxylic acids is 1. The number of amides is 2. The Morgan fingerprint density at radius 2 is 1.85 bits per heavy atom. The molecule has 3 N–H and O–H groups in total. The summed E-state index contributed by atoms with van der Waals surface area (Å²) in [5.74, 6) is -0.0899. The van der Waals surface area contributed by atoms with Crippen LogP contribution in [0.1, 0.15) is 30.0 Å². The lowest BCUT2D eigenvalue weighted by molar-refractivity contribution is -0.137. The fraction of sp³-hybridized carbons (Fsp3) is 0.300. The molecular formula is C20H22N2O4. The second-order valence-corrected chi connectivity index (χ2v) is 6.34. The summed E-state index contributed by atoms with van der Waals surface area (Å²) in [6.45, 7) is 0.394. The second kappa shape index (κ2) is 8.38. The minimum Gasteiger partial charge on any atom is -0.491 e. The van der Waals surface area contributed by atoms with Crippen molar-refractivity contribution in [2.24, 2.45) is 0 Å². The van der Waals surface area contributed by atoms with E-state index in [-0.39, 0.29) is 24.5 Å². The van der Waals surface area contributed by atoms with Gasteiger partial charge in [-0.3, -0.25) is 4.79 Å². The Hall–Kier alpha value is -3.02. The van der Waals surface area contributed by atoms with Gasteiger partial charge in [-0.25, -0.2) is 4.79 Å². The minimum atomic E-state index is -0.872. The Balaban J connectivity index is 1.60. The molecule has 1 heterocycles. The monoisotopic (exact) mass is 354 g/mol. The van der Waals surface area contributed by atoms with Gasteiger partial charge in [0.15, 0.2) is 0 Å². The predicted molar refractivity (Wildman–Crippen MR) is 97.1 cm³/mol. The van der Waals surface area contributed by atoms with Gasteiger partial charge in [-0.15, -0.1) is 0 Å². The molecule has 0 aliphatic carbocycles. The van der Waals surface area contributed by atoms with Crippen LogP contribution in [0.25, 0.3) is 0 Å². The second-order valence-electron chi connectivity index (χ2n) is 6.34. The summed E-state index contributed by atoms with van der Waals surface area (Å²) < 4.78 is 5.57. The summed E-state index contributed by atoms with van der Waals surface area (Å²) in [6.07, 6.45) is 0.960. The van der Waals surface area contributed by atoms with Crippen LogP contribution in [0.15, 0.2) is 54.6 Å². The molecule has 2 atom stereocenters. The number of fused-ring (bicyclic) bond motifs is 1. The third kappa shape index (κ3) is 4.75. The van der Waals surface area contributed by atoms with Gasteiger partial charge in [-0.1, -0.05) is 48.5 Å². The SMILES string of the molecule is O=C(O)CCC(Cc1ccccc1)NC(=O)NC1COc2ccccc21. The van der Waals surface area contributed by atoms with Crippen molar-refractivity contribution in [3.8, 4) is 5.75 Å². The molecule has 0 saturated heterocycles. The third-order valence-electron chi connectivity index (χ3n) is 4.37. The zero-order chi connectivity index (χ0) is 18.4. The van der Waals surface area contributed by atoms with Crippen LogP contribution < -0.4 is 15.4 Å². The highest BCUT2D eigenvalue weighted by atomic mass is 16.5. The molecule has 26 heavy (non-hydrogen) atoms. The van der Waals surface area contributed by atoms with Crippen molar-refractivity contribution in [3.63, 3.8) is 0 Å². The van der Waals surface area contributed by atoms with Gasteiger partial charge in [-0.05, 0) is 24.5 Å². The Bertz CT molecular complexity index is 763. The van der Waals surface area contributed by atoms with Crippen molar-refractivity contribution in [1.82, 2.24) is 10.6 Å². The van der Waals surface area contributed by atoms with Crippen LogP contribution in [0.2, 0.25) is 0 Å². The quantitative estimate of drug-likeness (QED) is 0.713. The van der Waals surface area contributed by atoms with Crippen LogP contribution in [0.4, 0.5) is 4.79 Å². The molecule has 1 aliphatic rings. The van der Waals surface area contributed by atoms with E-state index in [1.54, 1.807) is 0 Å². The van der Waals surface area contributed by atoms with Crippen molar-refractivity contribution in [2.45, 2.75) is 31.3 Å². The van der Waals surface area contributed by atoms with Crippen LogP contribution in [0.3, 0.4) is 0 Å². The largest absolute Gasteiger partial charge is 0.491 e. The van der Waals surface area contributed by atoms with E-state index in [4.69, 9.17) is 9.84 Å². The van der Waals surface area contributed by atoms with E-state index >= 15 is 0 Å². The maximum absolute atomic E-state index is 12.4. The average Bonchev–Trinajstić information content (AvgIpc) is 3.03. The standard InChI is InChI=1S/C20H22N2O4/c23-19(24)11-10-15(12-14-6-2-1-3-7-14)21-20(25)22-17-13-26-18-9-5-4-8-16(17)18/h1-9,15,17H,10-13H2,(H,23,24)(H2,21,22,25). The molecule has 0 saturated carbocycles. The number of hydrogen-bond acceptors (Lipinski definition) is 3. The molecule has 6 nitrogen and oxygen atoms in total. The van der Waals surface area contributed by atoms with Crippen LogP contribution in [0.5, 0.6) is 5.75 Å². The maximum atomic E-state index is 12.4. The molecule has 2 aromatic rings. The molecular weight excluding hydrogens is 332 g/mol. The summed E-state index contributed by atoms with van der Waals surface area (Å²) in [4.78, 5) is 23.3. The number of para-hydroxylation sites is 1. The van der Waals surface area contributed by atoms with Gasteiger partial charge in [-0.2, -0.15) is 0 Å². The number of carbonyl (C=O) groups excluding carboxylic acids is 1. The normalized spacial score (nSPS) is 16.2. The van der Waals surface area contributed by atoms with E-state index in [1.807, 2.05) is 54.6 Å². The van der Waals surface area contributed by atoms with Crippen LogP contribution in [-0.4, -0.2) is 29.8 Å². The first-order chi connectivity index (χ1) is 12.6. The molecule has 0 spiro atoms. The number of carboxylic acid groups (broad SMARTS) is 1. The van der Waals surface area contributed by atoms with E-state index in [0.717, 1.165) is 16.9 Å². The minimum absolute atomic E-state index is 0.00710. The van der Waals surface area contributed by atoms with Gasteiger partial charge in [0.05, 0.1) is 6.04 Å². The number of carboxylic acids is 1. The Kier molecular flexibility index (Phi) is 5.73. The van der Waals surface area contributed by atoms with Gasteiger partial charge in [0.25, 0.3) is 0 Å². The summed E-state index contributed by atoms with van der Waals surface area (Å²) >= 11 is 0. The Morgan fingerprint density at radius 1 is 1.12 bits per heavy atom. The van der Waals surface area contributed by atoms with E-state index in [1.165, 1.54) is 0 Å². The predicted octanol–water partition coefficient (Wildman–Crippen LogP) is 2.90. The van der Waals surface area contributed by atoms with Crippen molar-refractivity contribution >= 4 is 12.0 Å². The first kappa shape index (κ1) is 17.8. The molecule has 6 heteroatoms. The number of ether oxygens (including phenoxy) is 1. The number of hydrogen-bond donors (Lipinski definition) is 3. The van der Waals surface area contributed by atoms with Crippen molar-refractivity contribution in [2.75, 3.05) is 6.61 Å². The van der Waals surface area contributed by atoms with E-state index < -0.39 is 5.97 Å². The van der Waals surface area contributed by atoms with Gasteiger partial charge in [0, 0.05) is 18.0 Å². The van der Waals surface area contributed by atoms with E-state index in [0.29, 0.717) is 19.4 Å². The molecule has 2 aromatic carbocycles. The van der Waals surface area contributed by atoms with E-state index in [2.05, 4.69) is 10.6 Å². The number of benzene rings is 2. The molecule has 136 valence electrons.